The number of ether oxygens (including phenoxy) is 1. The zero-order chi connectivity index (χ0) is 24.6. The second-order valence-corrected chi connectivity index (χ2v) is 8.24. The summed E-state index contributed by atoms with van der Waals surface area (Å²) in [6, 6.07) is 25.1. The minimum Gasteiger partial charge on any atom is -0.439 e. The molecule has 0 atom stereocenters. The topological polar surface area (TPSA) is 67.4 Å². The van der Waals surface area contributed by atoms with E-state index in [1.165, 1.54) is 11.3 Å². The van der Waals surface area contributed by atoms with Crippen molar-refractivity contribution < 1.29 is 9.53 Å². The molecule has 0 aliphatic rings. The summed E-state index contributed by atoms with van der Waals surface area (Å²) in [6.45, 7) is 8.71. The van der Waals surface area contributed by atoms with Gasteiger partial charge in [0.05, 0.1) is 0 Å². The Balaban J connectivity index is 1.39. The molecule has 0 spiro atoms. The Hall–Kier alpha value is -4.19. The normalized spacial score (nSPS) is 10.6. The Morgan fingerprint density at radius 2 is 1.69 bits per heavy atom. The number of benzene rings is 3. The van der Waals surface area contributed by atoms with Crippen LogP contribution >= 0.6 is 0 Å². The number of aryl methyl sites for hydroxylation is 1. The van der Waals surface area contributed by atoms with Crippen molar-refractivity contribution >= 4 is 11.6 Å². The third-order valence-electron chi connectivity index (χ3n) is 5.78. The highest BCUT2D eigenvalue weighted by molar-refractivity contribution is 5.94. The molecule has 0 saturated carbocycles. The first-order valence-electron chi connectivity index (χ1n) is 11.9. The molecular weight excluding hydrogens is 436 g/mol. The van der Waals surface area contributed by atoms with Gasteiger partial charge in [-0.15, -0.1) is 0 Å². The van der Waals surface area contributed by atoms with Gasteiger partial charge in [0, 0.05) is 48.7 Å². The van der Waals surface area contributed by atoms with Crippen LogP contribution in [0.2, 0.25) is 0 Å². The van der Waals surface area contributed by atoms with Crippen LogP contribution in [0.3, 0.4) is 0 Å². The SMILES string of the molecule is CCN(CC)c1ccc(CNC(=O)c2cccc(Oc3ccnc(-c4ccc(C)cc4)n3)c2)cc1. The summed E-state index contributed by atoms with van der Waals surface area (Å²) < 4.78 is 5.94. The molecule has 6 heteroatoms. The van der Waals surface area contributed by atoms with Crippen molar-refractivity contribution in [1.82, 2.24) is 15.3 Å². The standard InChI is InChI=1S/C29H30N4O2/c1-4-33(5-2)25-15-11-22(12-16-25)20-31-29(34)24-7-6-8-26(19-24)35-27-17-18-30-28(32-27)23-13-9-21(3)10-14-23/h6-19H,4-5,20H2,1-3H3,(H,31,34). The average molecular weight is 467 g/mol. The number of hydrogen-bond acceptors (Lipinski definition) is 5. The van der Waals surface area contributed by atoms with E-state index in [0.29, 0.717) is 29.6 Å². The van der Waals surface area contributed by atoms with Gasteiger partial charge in [-0.3, -0.25) is 4.79 Å². The number of nitrogens with one attached hydrogen (secondary N) is 1. The summed E-state index contributed by atoms with van der Waals surface area (Å²) in [5, 5.41) is 2.98. The van der Waals surface area contributed by atoms with Crippen molar-refractivity contribution in [1.29, 1.82) is 0 Å². The Morgan fingerprint density at radius 3 is 2.40 bits per heavy atom. The fourth-order valence-corrected chi connectivity index (χ4v) is 3.76. The van der Waals surface area contributed by atoms with E-state index in [-0.39, 0.29) is 5.91 Å². The van der Waals surface area contributed by atoms with Crippen LogP contribution in [0.15, 0.2) is 85.1 Å². The van der Waals surface area contributed by atoms with E-state index in [2.05, 4.69) is 46.2 Å². The van der Waals surface area contributed by atoms with Crippen LogP contribution < -0.4 is 15.0 Å². The van der Waals surface area contributed by atoms with Gasteiger partial charge in [-0.2, -0.15) is 4.98 Å². The van der Waals surface area contributed by atoms with Gasteiger partial charge < -0.3 is 15.0 Å². The number of carbonyl (C=O) groups excluding carboxylic acids is 1. The lowest BCUT2D eigenvalue weighted by Gasteiger charge is -2.21. The molecule has 0 radical (unpaired) electrons. The molecule has 1 N–H and O–H groups in total. The van der Waals surface area contributed by atoms with Gasteiger partial charge in [0.1, 0.15) is 5.75 Å². The minimum absolute atomic E-state index is 0.161. The lowest BCUT2D eigenvalue weighted by atomic mass is 10.1. The first-order valence-corrected chi connectivity index (χ1v) is 11.9. The van der Waals surface area contributed by atoms with E-state index in [9.17, 15) is 4.79 Å². The maximum Gasteiger partial charge on any atom is 0.251 e. The van der Waals surface area contributed by atoms with E-state index < -0.39 is 0 Å². The Kier molecular flexibility index (Phi) is 7.73. The molecule has 4 aromatic rings. The number of hydrogen-bond donors (Lipinski definition) is 1. The molecule has 0 aliphatic heterocycles. The van der Waals surface area contributed by atoms with Gasteiger partial charge in [-0.05, 0) is 56.7 Å². The van der Waals surface area contributed by atoms with Crippen LogP contribution in [0.25, 0.3) is 11.4 Å². The van der Waals surface area contributed by atoms with E-state index in [1.54, 1.807) is 36.5 Å². The van der Waals surface area contributed by atoms with Gasteiger partial charge in [-0.25, -0.2) is 4.98 Å². The monoisotopic (exact) mass is 466 g/mol. The van der Waals surface area contributed by atoms with Crippen LogP contribution in [-0.2, 0) is 6.54 Å². The van der Waals surface area contributed by atoms with Crippen LogP contribution in [-0.4, -0.2) is 29.0 Å². The summed E-state index contributed by atoms with van der Waals surface area (Å²) >= 11 is 0. The minimum atomic E-state index is -0.161. The summed E-state index contributed by atoms with van der Waals surface area (Å²) in [5.74, 6) is 1.38. The molecule has 3 aromatic carbocycles. The quantitative estimate of drug-likeness (QED) is 0.327. The van der Waals surface area contributed by atoms with Crippen LogP contribution in [0.1, 0.15) is 35.3 Å². The number of aromatic nitrogens is 2. The Labute approximate surface area is 206 Å². The molecule has 0 fully saturated rings. The highest BCUT2D eigenvalue weighted by atomic mass is 16.5. The number of carbonyl (C=O) groups is 1. The highest BCUT2D eigenvalue weighted by Gasteiger charge is 2.09. The number of anilines is 1. The van der Waals surface area contributed by atoms with Crippen LogP contribution in [0, 0.1) is 6.92 Å². The molecule has 0 unspecified atom stereocenters. The van der Waals surface area contributed by atoms with Crippen molar-refractivity contribution in [2.45, 2.75) is 27.3 Å². The molecule has 0 saturated heterocycles. The molecule has 0 bridgehead atoms. The van der Waals surface area contributed by atoms with E-state index >= 15 is 0 Å². The molecule has 0 aliphatic carbocycles. The first-order chi connectivity index (χ1) is 17.1. The van der Waals surface area contributed by atoms with Crippen LogP contribution in [0.4, 0.5) is 5.69 Å². The molecule has 35 heavy (non-hydrogen) atoms. The molecule has 178 valence electrons. The zero-order valence-corrected chi connectivity index (χ0v) is 20.4. The van der Waals surface area contributed by atoms with Gasteiger partial charge in [0.15, 0.2) is 5.82 Å². The second-order valence-electron chi connectivity index (χ2n) is 8.24. The Bertz CT molecular complexity index is 1270. The van der Waals surface area contributed by atoms with E-state index in [0.717, 1.165) is 24.2 Å². The molecule has 1 aromatic heterocycles. The molecule has 4 rings (SSSR count). The number of amides is 1. The molecule has 1 heterocycles. The summed E-state index contributed by atoms with van der Waals surface area (Å²) in [7, 11) is 0. The number of rotatable bonds is 9. The van der Waals surface area contributed by atoms with Gasteiger partial charge in [-0.1, -0.05) is 48.0 Å². The summed E-state index contributed by atoms with van der Waals surface area (Å²) in [6.07, 6.45) is 1.67. The highest BCUT2D eigenvalue weighted by Crippen LogP contribution is 2.23. The predicted octanol–water partition coefficient (Wildman–Crippen LogP) is 6.02. The van der Waals surface area contributed by atoms with Crippen molar-refractivity contribution in [3.63, 3.8) is 0 Å². The maximum absolute atomic E-state index is 12.8. The molecule has 1 amide bonds. The lowest BCUT2D eigenvalue weighted by Crippen LogP contribution is -2.23. The van der Waals surface area contributed by atoms with Crippen molar-refractivity contribution in [2.24, 2.45) is 0 Å². The molecular formula is C29H30N4O2. The van der Waals surface area contributed by atoms with Crippen molar-refractivity contribution in [2.75, 3.05) is 18.0 Å². The predicted molar refractivity (Wildman–Crippen MR) is 140 cm³/mol. The van der Waals surface area contributed by atoms with Gasteiger partial charge in [0.25, 0.3) is 5.91 Å². The van der Waals surface area contributed by atoms with Crippen molar-refractivity contribution in [3.8, 4) is 23.0 Å². The molecule has 6 nitrogen and oxygen atoms in total. The van der Waals surface area contributed by atoms with Gasteiger partial charge >= 0.3 is 0 Å². The second kappa shape index (κ2) is 11.3. The largest absolute Gasteiger partial charge is 0.439 e. The summed E-state index contributed by atoms with van der Waals surface area (Å²) in [5.41, 5.74) is 4.85. The van der Waals surface area contributed by atoms with Crippen molar-refractivity contribution in [3.05, 3.63) is 102 Å². The zero-order valence-electron chi connectivity index (χ0n) is 20.4. The summed E-state index contributed by atoms with van der Waals surface area (Å²) in [4.78, 5) is 23.9. The lowest BCUT2D eigenvalue weighted by molar-refractivity contribution is 0.0950. The maximum atomic E-state index is 12.8. The fourth-order valence-electron chi connectivity index (χ4n) is 3.76. The first kappa shape index (κ1) is 24.0. The van der Waals surface area contributed by atoms with E-state index in [4.69, 9.17) is 4.74 Å². The van der Waals surface area contributed by atoms with Gasteiger partial charge in [0.2, 0.25) is 5.88 Å². The fraction of sp³-hybridized carbons (Fsp3) is 0.207. The third kappa shape index (κ3) is 6.23. The Morgan fingerprint density at radius 1 is 0.943 bits per heavy atom. The van der Waals surface area contributed by atoms with E-state index in [1.807, 2.05) is 43.3 Å². The smallest absolute Gasteiger partial charge is 0.251 e. The third-order valence-corrected chi connectivity index (χ3v) is 5.78. The van der Waals surface area contributed by atoms with Crippen LogP contribution in [0.5, 0.6) is 11.6 Å². The number of nitrogens with zero attached hydrogens (tertiary/aromatic N) is 3. The average Bonchev–Trinajstić information content (AvgIpc) is 2.89.